The van der Waals surface area contributed by atoms with Gasteiger partial charge in [-0.05, 0) is 54.2 Å². The number of hydrogen-bond donors (Lipinski definition) is 0. The van der Waals surface area contributed by atoms with Gasteiger partial charge in [0.25, 0.3) is 5.91 Å². The summed E-state index contributed by atoms with van der Waals surface area (Å²) in [5.74, 6) is -0.603. The number of anilines is 1. The van der Waals surface area contributed by atoms with Crippen LogP contribution in [0.25, 0.3) is 0 Å². The van der Waals surface area contributed by atoms with Crippen LogP contribution in [0.15, 0.2) is 21.0 Å². The predicted molar refractivity (Wildman–Crippen MR) is 82.2 cm³/mol. The summed E-state index contributed by atoms with van der Waals surface area (Å²) in [5.41, 5.74) is 1.07. The maximum absolute atomic E-state index is 14.2. The van der Waals surface area contributed by atoms with Crippen molar-refractivity contribution in [1.29, 1.82) is 0 Å². The van der Waals surface area contributed by atoms with Gasteiger partial charge >= 0.3 is 0 Å². The van der Waals surface area contributed by atoms with Gasteiger partial charge in [0.1, 0.15) is 23.2 Å². The van der Waals surface area contributed by atoms with Crippen molar-refractivity contribution >= 4 is 27.5 Å². The summed E-state index contributed by atoms with van der Waals surface area (Å²) in [4.78, 5) is 14.2. The molecule has 0 fully saturated rings. The quantitative estimate of drug-likeness (QED) is 0.739. The fourth-order valence-electron chi connectivity index (χ4n) is 2.89. The van der Waals surface area contributed by atoms with Gasteiger partial charge in [-0.3, -0.25) is 4.79 Å². The summed E-state index contributed by atoms with van der Waals surface area (Å²) in [5, 5.41) is 0. The van der Waals surface area contributed by atoms with Crippen LogP contribution >= 0.6 is 15.9 Å². The molecule has 22 heavy (non-hydrogen) atoms. The molecule has 2 heterocycles. The lowest BCUT2D eigenvalue weighted by Crippen LogP contribution is -2.36. The van der Waals surface area contributed by atoms with Crippen molar-refractivity contribution in [1.82, 2.24) is 0 Å². The van der Waals surface area contributed by atoms with Gasteiger partial charge in [-0.15, -0.1) is 0 Å². The largest absolute Gasteiger partial charge is 0.465 e. The third kappa shape index (κ3) is 2.35. The molecule has 0 radical (unpaired) electrons. The average molecular weight is 370 g/mol. The Morgan fingerprint density at radius 2 is 2.00 bits per heavy atom. The second-order valence-corrected chi connectivity index (χ2v) is 6.15. The Labute approximate surface area is 135 Å². The first kappa shape index (κ1) is 15.2. The average Bonchev–Trinajstić information content (AvgIpc) is 2.70. The summed E-state index contributed by atoms with van der Waals surface area (Å²) in [6, 6.07) is 2.10. The Hall–Kier alpha value is -1.69. The monoisotopic (exact) mass is 369 g/mol. The van der Waals surface area contributed by atoms with Crippen molar-refractivity contribution < 1.29 is 18.0 Å². The molecule has 0 bridgehead atoms. The number of nitrogens with zero attached hydrogens (tertiary/aromatic N) is 1. The molecule has 2 aromatic rings. The Bertz CT molecular complexity index is 770. The summed E-state index contributed by atoms with van der Waals surface area (Å²) in [7, 11) is 0. The minimum absolute atomic E-state index is 0.169. The van der Waals surface area contributed by atoms with Gasteiger partial charge in [0.05, 0.1) is 15.7 Å². The molecule has 3 rings (SSSR count). The predicted octanol–water partition coefficient (Wildman–Crippen LogP) is 4.53. The molecule has 0 saturated carbocycles. The van der Waals surface area contributed by atoms with E-state index in [1.165, 1.54) is 11.0 Å². The highest BCUT2D eigenvalue weighted by atomic mass is 79.9. The highest BCUT2D eigenvalue weighted by Crippen LogP contribution is 2.35. The number of furan rings is 1. The summed E-state index contributed by atoms with van der Waals surface area (Å²) in [6.45, 7) is 3.83. The summed E-state index contributed by atoms with van der Waals surface area (Å²) < 4.78 is 33.6. The van der Waals surface area contributed by atoms with Crippen LogP contribution in [0.1, 0.15) is 33.9 Å². The van der Waals surface area contributed by atoms with Gasteiger partial charge < -0.3 is 9.32 Å². The van der Waals surface area contributed by atoms with Crippen molar-refractivity contribution in [2.45, 2.75) is 26.7 Å². The maximum Gasteiger partial charge on any atom is 0.263 e. The van der Waals surface area contributed by atoms with Crippen molar-refractivity contribution in [2.24, 2.45) is 0 Å². The van der Waals surface area contributed by atoms with E-state index in [0.717, 1.165) is 6.07 Å². The number of fused-ring (bicyclic) bond motifs is 1. The lowest BCUT2D eigenvalue weighted by Gasteiger charge is -2.30. The van der Waals surface area contributed by atoms with Crippen LogP contribution in [0.5, 0.6) is 0 Å². The smallest absolute Gasteiger partial charge is 0.263 e. The van der Waals surface area contributed by atoms with E-state index in [4.69, 9.17) is 4.42 Å². The number of benzene rings is 1. The number of amides is 1. The molecular formula is C16H14BrF2NO2. The fraction of sp³-hybridized carbons (Fsp3) is 0.312. The number of halogens is 3. The zero-order chi connectivity index (χ0) is 16.0. The molecule has 116 valence electrons. The number of carbonyl (C=O) groups is 1. The lowest BCUT2D eigenvalue weighted by atomic mass is 10.00. The molecular weight excluding hydrogens is 356 g/mol. The Morgan fingerprint density at radius 3 is 2.64 bits per heavy atom. The maximum atomic E-state index is 14.2. The summed E-state index contributed by atoms with van der Waals surface area (Å²) >= 11 is 3.34. The van der Waals surface area contributed by atoms with Gasteiger partial charge in [0.2, 0.25) is 0 Å². The molecule has 0 unspecified atom stereocenters. The van der Waals surface area contributed by atoms with Crippen molar-refractivity contribution in [3.05, 3.63) is 50.9 Å². The molecule has 1 aromatic carbocycles. The SMILES string of the molecule is Cc1oc(C)c(C(=O)N2CCCc3cc(F)cc(F)c32)c1Br. The van der Waals surface area contributed by atoms with Crippen molar-refractivity contribution in [3.63, 3.8) is 0 Å². The van der Waals surface area contributed by atoms with Crippen LogP contribution in [-0.4, -0.2) is 12.5 Å². The number of aryl methyl sites for hydroxylation is 3. The van der Waals surface area contributed by atoms with Gasteiger partial charge in [-0.2, -0.15) is 0 Å². The van der Waals surface area contributed by atoms with E-state index in [1.807, 2.05) is 0 Å². The zero-order valence-corrected chi connectivity index (χ0v) is 13.8. The molecule has 1 aliphatic heterocycles. The fourth-order valence-corrected chi connectivity index (χ4v) is 3.42. The van der Waals surface area contributed by atoms with E-state index in [1.54, 1.807) is 13.8 Å². The van der Waals surface area contributed by atoms with E-state index in [-0.39, 0.29) is 11.6 Å². The third-order valence-electron chi connectivity index (χ3n) is 3.85. The molecule has 0 spiro atoms. The Kier molecular flexibility index (Phi) is 3.80. The molecule has 0 aliphatic carbocycles. The molecule has 1 amide bonds. The first-order valence-electron chi connectivity index (χ1n) is 6.95. The topological polar surface area (TPSA) is 33.5 Å². The molecule has 1 aliphatic rings. The van der Waals surface area contributed by atoms with E-state index in [0.29, 0.717) is 46.5 Å². The van der Waals surface area contributed by atoms with Gasteiger partial charge in [0, 0.05) is 12.6 Å². The lowest BCUT2D eigenvalue weighted by molar-refractivity contribution is 0.0982. The number of rotatable bonds is 1. The number of hydrogen-bond acceptors (Lipinski definition) is 2. The molecule has 1 aromatic heterocycles. The van der Waals surface area contributed by atoms with E-state index < -0.39 is 11.6 Å². The second-order valence-electron chi connectivity index (χ2n) is 5.36. The van der Waals surface area contributed by atoms with Crippen molar-refractivity contribution in [3.8, 4) is 0 Å². The normalized spacial score (nSPS) is 14.1. The second kappa shape index (κ2) is 5.50. The molecule has 6 heteroatoms. The first-order valence-corrected chi connectivity index (χ1v) is 7.74. The van der Waals surface area contributed by atoms with E-state index >= 15 is 0 Å². The highest BCUT2D eigenvalue weighted by Gasteiger charge is 2.31. The minimum Gasteiger partial charge on any atom is -0.465 e. The third-order valence-corrected chi connectivity index (χ3v) is 4.81. The first-order chi connectivity index (χ1) is 10.4. The van der Waals surface area contributed by atoms with E-state index in [2.05, 4.69) is 15.9 Å². The van der Waals surface area contributed by atoms with Gasteiger partial charge in [-0.1, -0.05) is 0 Å². The molecule has 0 saturated heterocycles. The minimum atomic E-state index is -0.711. The Morgan fingerprint density at radius 1 is 1.27 bits per heavy atom. The highest BCUT2D eigenvalue weighted by molar-refractivity contribution is 9.10. The van der Waals surface area contributed by atoms with Gasteiger partial charge in [0.15, 0.2) is 0 Å². The van der Waals surface area contributed by atoms with Crippen LogP contribution in [0.3, 0.4) is 0 Å². The van der Waals surface area contributed by atoms with Crippen molar-refractivity contribution in [2.75, 3.05) is 11.4 Å². The summed E-state index contributed by atoms with van der Waals surface area (Å²) in [6.07, 6.45) is 1.22. The Balaban J connectivity index is 2.10. The van der Waals surface area contributed by atoms with E-state index in [9.17, 15) is 13.6 Å². The van der Waals surface area contributed by atoms with Crippen LogP contribution < -0.4 is 4.90 Å². The van der Waals surface area contributed by atoms with Crippen LogP contribution in [0, 0.1) is 25.5 Å². The molecule has 3 nitrogen and oxygen atoms in total. The van der Waals surface area contributed by atoms with Crippen LogP contribution in [-0.2, 0) is 6.42 Å². The van der Waals surface area contributed by atoms with Gasteiger partial charge in [-0.25, -0.2) is 8.78 Å². The molecule has 0 N–H and O–H groups in total. The zero-order valence-electron chi connectivity index (χ0n) is 12.2. The van der Waals surface area contributed by atoms with Crippen LogP contribution in [0.2, 0.25) is 0 Å². The standard InChI is InChI=1S/C16H14BrF2NO2/c1-8-13(14(17)9(2)22-8)16(21)20-5-3-4-10-6-11(18)7-12(19)15(10)20/h6-7H,3-5H2,1-2H3. The van der Waals surface area contributed by atoms with Crippen LogP contribution in [0.4, 0.5) is 14.5 Å². The number of carbonyl (C=O) groups excluding carboxylic acids is 1. The molecule has 0 atom stereocenters.